The standard InChI is InChI=1S/C15H13IN2O2/c1-10-14-13(17-9-20-14)12(7-16)15(18-10)19-8-11-5-3-2-4-6-11/h2-6,9H,7-8H2,1H3. The first-order chi connectivity index (χ1) is 9.79. The maximum Gasteiger partial charge on any atom is 0.220 e. The van der Waals surface area contributed by atoms with Crippen LogP contribution in [0.3, 0.4) is 0 Å². The summed E-state index contributed by atoms with van der Waals surface area (Å²) >= 11 is 2.29. The molecule has 20 heavy (non-hydrogen) atoms. The van der Waals surface area contributed by atoms with E-state index in [0.29, 0.717) is 12.5 Å². The molecule has 0 bridgehead atoms. The van der Waals surface area contributed by atoms with Crippen molar-refractivity contribution in [2.24, 2.45) is 0 Å². The largest absolute Gasteiger partial charge is 0.473 e. The highest BCUT2D eigenvalue weighted by molar-refractivity contribution is 14.1. The van der Waals surface area contributed by atoms with Crippen LogP contribution in [-0.2, 0) is 11.0 Å². The number of pyridine rings is 1. The van der Waals surface area contributed by atoms with E-state index in [1.54, 1.807) is 0 Å². The van der Waals surface area contributed by atoms with Gasteiger partial charge < -0.3 is 9.15 Å². The van der Waals surface area contributed by atoms with Gasteiger partial charge in [0.05, 0.1) is 11.3 Å². The molecule has 0 N–H and O–H groups in total. The van der Waals surface area contributed by atoms with Gasteiger partial charge in [0.2, 0.25) is 5.88 Å². The third-order valence-electron chi connectivity index (χ3n) is 3.06. The van der Waals surface area contributed by atoms with E-state index in [1.165, 1.54) is 6.39 Å². The van der Waals surface area contributed by atoms with Crippen molar-refractivity contribution in [2.45, 2.75) is 18.0 Å². The molecule has 0 fully saturated rings. The molecule has 0 spiro atoms. The smallest absolute Gasteiger partial charge is 0.220 e. The number of halogens is 1. The van der Waals surface area contributed by atoms with Crippen molar-refractivity contribution < 1.29 is 9.15 Å². The molecule has 0 saturated heterocycles. The van der Waals surface area contributed by atoms with Gasteiger partial charge >= 0.3 is 0 Å². The van der Waals surface area contributed by atoms with E-state index in [2.05, 4.69) is 32.6 Å². The van der Waals surface area contributed by atoms with Crippen LogP contribution in [0.15, 0.2) is 41.1 Å². The van der Waals surface area contributed by atoms with Crippen LogP contribution >= 0.6 is 22.6 Å². The number of aromatic nitrogens is 2. The first kappa shape index (κ1) is 13.4. The Kier molecular flexibility index (Phi) is 3.86. The monoisotopic (exact) mass is 380 g/mol. The van der Waals surface area contributed by atoms with Crippen molar-refractivity contribution in [3.05, 3.63) is 53.5 Å². The molecule has 3 rings (SSSR count). The number of aryl methyl sites for hydroxylation is 1. The summed E-state index contributed by atoms with van der Waals surface area (Å²) < 4.78 is 12.0. The van der Waals surface area contributed by atoms with Gasteiger partial charge in [0, 0.05) is 4.43 Å². The quantitative estimate of drug-likeness (QED) is 0.506. The van der Waals surface area contributed by atoms with Gasteiger partial charge in [-0.3, -0.25) is 0 Å². The third-order valence-corrected chi connectivity index (χ3v) is 3.82. The lowest BCUT2D eigenvalue weighted by molar-refractivity contribution is 0.291. The number of hydrogen-bond donors (Lipinski definition) is 0. The normalized spacial score (nSPS) is 10.9. The van der Waals surface area contributed by atoms with Gasteiger partial charge in [-0.2, -0.15) is 0 Å². The zero-order chi connectivity index (χ0) is 13.9. The molecule has 0 aliphatic rings. The highest BCUT2D eigenvalue weighted by atomic mass is 127. The Morgan fingerprint density at radius 2 is 2.05 bits per heavy atom. The Hall–Kier alpha value is -1.63. The predicted octanol–water partition coefficient (Wildman–Crippen LogP) is 4.05. The second-order valence-electron chi connectivity index (χ2n) is 4.42. The highest BCUT2D eigenvalue weighted by Crippen LogP contribution is 2.29. The molecule has 2 heterocycles. The van der Waals surface area contributed by atoms with Crippen molar-refractivity contribution in [3.8, 4) is 5.88 Å². The van der Waals surface area contributed by atoms with E-state index in [4.69, 9.17) is 9.15 Å². The Bertz CT molecular complexity index is 725. The Balaban J connectivity index is 1.94. The Morgan fingerprint density at radius 1 is 1.25 bits per heavy atom. The van der Waals surface area contributed by atoms with Gasteiger partial charge in [0.15, 0.2) is 12.0 Å². The fourth-order valence-corrected chi connectivity index (χ4v) is 2.74. The zero-order valence-corrected chi connectivity index (χ0v) is 13.1. The van der Waals surface area contributed by atoms with E-state index in [0.717, 1.165) is 32.3 Å². The summed E-state index contributed by atoms with van der Waals surface area (Å²) in [5.74, 6) is 0.641. The molecule has 0 aliphatic heterocycles. The number of ether oxygens (including phenoxy) is 1. The first-order valence-corrected chi connectivity index (χ1v) is 7.77. The molecular weight excluding hydrogens is 367 g/mol. The minimum absolute atomic E-state index is 0.500. The van der Waals surface area contributed by atoms with Crippen LogP contribution in [0.1, 0.15) is 16.8 Å². The summed E-state index contributed by atoms with van der Waals surface area (Å²) in [5.41, 5.74) is 4.48. The van der Waals surface area contributed by atoms with Crippen molar-refractivity contribution in [1.82, 2.24) is 9.97 Å². The number of oxazole rings is 1. The van der Waals surface area contributed by atoms with Gasteiger partial charge in [-0.05, 0) is 12.5 Å². The maximum absolute atomic E-state index is 5.87. The SMILES string of the molecule is Cc1nc(OCc2ccccc2)c(CI)c2ncoc12. The van der Waals surface area contributed by atoms with Crippen molar-refractivity contribution in [2.75, 3.05) is 0 Å². The molecule has 0 amide bonds. The molecule has 4 nitrogen and oxygen atoms in total. The van der Waals surface area contributed by atoms with E-state index in [-0.39, 0.29) is 0 Å². The summed E-state index contributed by atoms with van der Waals surface area (Å²) in [5, 5.41) is 0. The molecule has 102 valence electrons. The molecular formula is C15H13IN2O2. The number of hydrogen-bond acceptors (Lipinski definition) is 4. The lowest BCUT2D eigenvalue weighted by Gasteiger charge is -2.10. The minimum Gasteiger partial charge on any atom is -0.473 e. The van der Waals surface area contributed by atoms with Gasteiger partial charge in [-0.25, -0.2) is 9.97 Å². The van der Waals surface area contributed by atoms with Crippen molar-refractivity contribution in [1.29, 1.82) is 0 Å². The van der Waals surface area contributed by atoms with Crippen LogP contribution in [-0.4, -0.2) is 9.97 Å². The Labute approximate surface area is 130 Å². The molecule has 0 saturated carbocycles. The predicted molar refractivity (Wildman–Crippen MR) is 85.0 cm³/mol. The fourth-order valence-electron chi connectivity index (χ4n) is 2.06. The average molecular weight is 380 g/mol. The van der Waals surface area contributed by atoms with Crippen LogP contribution < -0.4 is 4.74 Å². The summed E-state index contributed by atoms with van der Waals surface area (Å²) in [7, 11) is 0. The molecule has 0 unspecified atom stereocenters. The summed E-state index contributed by atoms with van der Waals surface area (Å²) in [4.78, 5) is 8.77. The molecule has 2 aromatic heterocycles. The van der Waals surface area contributed by atoms with E-state index < -0.39 is 0 Å². The zero-order valence-electron chi connectivity index (χ0n) is 11.0. The topological polar surface area (TPSA) is 48.2 Å². The Morgan fingerprint density at radius 3 is 2.80 bits per heavy atom. The molecule has 3 aromatic rings. The van der Waals surface area contributed by atoms with Crippen molar-refractivity contribution >= 4 is 33.7 Å². The maximum atomic E-state index is 5.87. The summed E-state index contributed by atoms with van der Waals surface area (Å²) in [6, 6.07) is 10.1. The number of rotatable bonds is 4. The average Bonchev–Trinajstić information content (AvgIpc) is 2.96. The summed E-state index contributed by atoms with van der Waals surface area (Å²) in [6.07, 6.45) is 1.45. The molecule has 5 heteroatoms. The second-order valence-corrected chi connectivity index (χ2v) is 5.18. The van der Waals surface area contributed by atoms with Crippen LogP contribution in [0.25, 0.3) is 11.1 Å². The van der Waals surface area contributed by atoms with Crippen molar-refractivity contribution in [3.63, 3.8) is 0 Å². The van der Waals surface area contributed by atoms with Gasteiger partial charge in [-0.1, -0.05) is 52.9 Å². The molecule has 0 radical (unpaired) electrons. The number of alkyl halides is 1. The molecule has 1 aromatic carbocycles. The second kappa shape index (κ2) is 5.78. The van der Waals surface area contributed by atoms with Gasteiger partial charge in [-0.15, -0.1) is 0 Å². The number of fused-ring (bicyclic) bond motifs is 1. The lowest BCUT2D eigenvalue weighted by atomic mass is 10.2. The molecule has 0 aliphatic carbocycles. The number of benzene rings is 1. The minimum atomic E-state index is 0.500. The van der Waals surface area contributed by atoms with Crippen LogP contribution in [0.4, 0.5) is 0 Å². The summed E-state index contributed by atoms with van der Waals surface area (Å²) in [6.45, 7) is 2.40. The van der Waals surface area contributed by atoms with Crippen LogP contribution in [0.5, 0.6) is 5.88 Å². The van der Waals surface area contributed by atoms with E-state index >= 15 is 0 Å². The van der Waals surface area contributed by atoms with Crippen LogP contribution in [0, 0.1) is 6.92 Å². The van der Waals surface area contributed by atoms with Gasteiger partial charge in [0.25, 0.3) is 0 Å². The number of nitrogens with zero attached hydrogens (tertiary/aromatic N) is 2. The highest BCUT2D eigenvalue weighted by Gasteiger charge is 2.16. The van der Waals surface area contributed by atoms with Crippen LogP contribution in [0.2, 0.25) is 0 Å². The third kappa shape index (κ3) is 2.49. The van der Waals surface area contributed by atoms with E-state index in [1.807, 2.05) is 37.3 Å². The molecule has 0 atom stereocenters. The lowest BCUT2D eigenvalue weighted by Crippen LogP contribution is -2.02. The fraction of sp³-hybridized carbons (Fsp3) is 0.200. The van der Waals surface area contributed by atoms with Gasteiger partial charge in [0.1, 0.15) is 12.1 Å². The first-order valence-electron chi connectivity index (χ1n) is 6.25. The van der Waals surface area contributed by atoms with E-state index in [9.17, 15) is 0 Å².